The van der Waals surface area contributed by atoms with Gasteiger partial charge in [-0.2, -0.15) is 0 Å². The lowest BCUT2D eigenvalue weighted by Crippen LogP contribution is -2.12. The Morgan fingerprint density at radius 1 is 1.25 bits per heavy atom. The number of halogens is 1. The number of hydrogen-bond donors (Lipinski definition) is 1. The molecule has 4 heteroatoms. The first-order valence-electron chi connectivity index (χ1n) is 6.71. The monoisotopic (exact) mass is 334 g/mol. The molecular formula is C16H19BrN2O. The minimum absolute atomic E-state index is 0.204. The summed E-state index contributed by atoms with van der Waals surface area (Å²) < 4.78 is 6.66. The molecular weight excluding hydrogens is 316 g/mol. The predicted molar refractivity (Wildman–Crippen MR) is 84.9 cm³/mol. The molecule has 2 aromatic rings. The number of rotatable bonds is 5. The van der Waals surface area contributed by atoms with E-state index in [-0.39, 0.29) is 6.04 Å². The van der Waals surface area contributed by atoms with Crippen LogP contribution in [0.2, 0.25) is 0 Å². The van der Waals surface area contributed by atoms with Gasteiger partial charge in [0.1, 0.15) is 5.75 Å². The summed E-state index contributed by atoms with van der Waals surface area (Å²) in [5.74, 6) is 0.769. The Morgan fingerprint density at radius 2 is 2.05 bits per heavy atom. The quantitative estimate of drug-likeness (QED) is 0.899. The largest absolute Gasteiger partial charge is 0.492 e. The van der Waals surface area contributed by atoms with Gasteiger partial charge in [-0.1, -0.05) is 35.0 Å². The molecule has 20 heavy (non-hydrogen) atoms. The van der Waals surface area contributed by atoms with E-state index in [9.17, 15) is 0 Å². The van der Waals surface area contributed by atoms with E-state index in [4.69, 9.17) is 10.5 Å². The molecule has 0 aliphatic heterocycles. The second-order valence-corrected chi connectivity index (χ2v) is 5.64. The van der Waals surface area contributed by atoms with Crippen LogP contribution in [0.25, 0.3) is 0 Å². The van der Waals surface area contributed by atoms with Crippen molar-refractivity contribution in [3.63, 3.8) is 0 Å². The molecule has 0 amide bonds. The van der Waals surface area contributed by atoms with Crippen LogP contribution < -0.4 is 10.5 Å². The Balaban J connectivity index is 2.23. The number of hydrogen-bond acceptors (Lipinski definition) is 3. The van der Waals surface area contributed by atoms with Crippen LogP contribution >= 0.6 is 15.9 Å². The van der Waals surface area contributed by atoms with Crippen LogP contribution in [0.3, 0.4) is 0 Å². The first-order chi connectivity index (χ1) is 9.61. The molecule has 0 radical (unpaired) electrons. The summed E-state index contributed by atoms with van der Waals surface area (Å²) in [6.45, 7) is 4.82. The average molecular weight is 335 g/mol. The summed E-state index contributed by atoms with van der Waals surface area (Å²) in [5.41, 5.74) is 9.52. The molecule has 0 bridgehead atoms. The van der Waals surface area contributed by atoms with Gasteiger partial charge in [-0.3, -0.25) is 4.98 Å². The first kappa shape index (κ1) is 15.0. The molecule has 0 aliphatic carbocycles. The number of aryl methyl sites for hydroxylation is 1. The molecule has 0 saturated heterocycles. The summed E-state index contributed by atoms with van der Waals surface area (Å²) >= 11 is 3.54. The van der Waals surface area contributed by atoms with Gasteiger partial charge in [-0.15, -0.1) is 0 Å². The first-order valence-corrected chi connectivity index (χ1v) is 7.50. The Kier molecular flexibility index (Phi) is 5.15. The van der Waals surface area contributed by atoms with Gasteiger partial charge in [-0.25, -0.2) is 0 Å². The van der Waals surface area contributed by atoms with E-state index in [0.29, 0.717) is 6.61 Å². The van der Waals surface area contributed by atoms with Gasteiger partial charge in [-0.05, 0) is 42.2 Å². The van der Waals surface area contributed by atoms with Crippen molar-refractivity contribution in [2.75, 3.05) is 6.61 Å². The summed E-state index contributed by atoms with van der Waals surface area (Å²) in [6, 6.07) is 7.92. The van der Waals surface area contributed by atoms with Crippen molar-refractivity contribution in [1.29, 1.82) is 0 Å². The van der Waals surface area contributed by atoms with Gasteiger partial charge in [0.2, 0.25) is 0 Å². The Hall–Kier alpha value is -1.39. The Morgan fingerprint density at radius 3 is 2.75 bits per heavy atom. The van der Waals surface area contributed by atoms with Crippen molar-refractivity contribution in [2.45, 2.75) is 26.3 Å². The lowest BCUT2D eigenvalue weighted by molar-refractivity contribution is 0.315. The third-order valence-electron chi connectivity index (χ3n) is 3.12. The SMILES string of the molecule is CCCOc1cncc(C(N)c2ccc(C)c(Br)c2)c1. The van der Waals surface area contributed by atoms with Crippen LogP contribution in [0.5, 0.6) is 5.75 Å². The molecule has 0 saturated carbocycles. The van der Waals surface area contributed by atoms with E-state index in [1.807, 2.05) is 12.1 Å². The average Bonchev–Trinajstić information content (AvgIpc) is 2.47. The maximum atomic E-state index is 6.32. The van der Waals surface area contributed by atoms with Crippen molar-refractivity contribution in [3.05, 3.63) is 57.8 Å². The zero-order valence-electron chi connectivity index (χ0n) is 11.8. The maximum absolute atomic E-state index is 6.32. The Bertz CT molecular complexity index is 586. The standard InChI is InChI=1S/C16H19BrN2O/c1-3-6-20-14-7-13(9-19-10-14)16(18)12-5-4-11(2)15(17)8-12/h4-5,7-10,16H,3,6,18H2,1-2H3. The lowest BCUT2D eigenvalue weighted by atomic mass is 10.00. The minimum Gasteiger partial charge on any atom is -0.492 e. The highest BCUT2D eigenvalue weighted by atomic mass is 79.9. The number of pyridine rings is 1. The van der Waals surface area contributed by atoms with Gasteiger partial charge >= 0.3 is 0 Å². The molecule has 0 spiro atoms. The fraction of sp³-hybridized carbons (Fsp3) is 0.312. The van der Waals surface area contributed by atoms with E-state index in [0.717, 1.165) is 27.8 Å². The fourth-order valence-corrected chi connectivity index (χ4v) is 2.30. The molecule has 3 nitrogen and oxygen atoms in total. The van der Waals surface area contributed by atoms with Crippen LogP contribution in [-0.4, -0.2) is 11.6 Å². The van der Waals surface area contributed by atoms with Crippen molar-refractivity contribution < 1.29 is 4.74 Å². The highest BCUT2D eigenvalue weighted by Crippen LogP contribution is 2.26. The normalized spacial score (nSPS) is 12.2. The molecule has 0 aliphatic rings. The highest BCUT2D eigenvalue weighted by Gasteiger charge is 2.11. The molecule has 1 aromatic carbocycles. The molecule has 0 fully saturated rings. The van der Waals surface area contributed by atoms with E-state index in [2.05, 4.69) is 46.9 Å². The van der Waals surface area contributed by atoms with Gasteiger partial charge < -0.3 is 10.5 Å². The van der Waals surface area contributed by atoms with E-state index in [1.54, 1.807) is 12.4 Å². The van der Waals surface area contributed by atoms with Gasteiger partial charge in [0.25, 0.3) is 0 Å². The van der Waals surface area contributed by atoms with Crippen LogP contribution in [0.1, 0.15) is 36.1 Å². The van der Waals surface area contributed by atoms with Gasteiger partial charge in [0.05, 0.1) is 18.8 Å². The predicted octanol–water partition coefficient (Wildman–Crippen LogP) is 3.99. The molecule has 1 heterocycles. The molecule has 1 unspecified atom stereocenters. The third-order valence-corrected chi connectivity index (χ3v) is 3.98. The minimum atomic E-state index is -0.204. The van der Waals surface area contributed by atoms with Gasteiger partial charge in [0.15, 0.2) is 0 Å². The summed E-state index contributed by atoms with van der Waals surface area (Å²) in [7, 11) is 0. The number of nitrogens with zero attached hydrogens (tertiary/aromatic N) is 1. The van der Waals surface area contributed by atoms with Crippen LogP contribution in [-0.2, 0) is 0 Å². The smallest absolute Gasteiger partial charge is 0.137 e. The summed E-state index contributed by atoms with van der Waals surface area (Å²) in [4.78, 5) is 4.21. The summed E-state index contributed by atoms with van der Waals surface area (Å²) in [5, 5.41) is 0. The molecule has 1 aromatic heterocycles. The number of benzene rings is 1. The molecule has 2 rings (SSSR count). The zero-order chi connectivity index (χ0) is 14.5. The second-order valence-electron chi connectivity index (χ2n) is 4.79. The summed E-state index contributed by atoms with van der Waals surface area (Å²) in [6.07, 6.45) is 4.48. The molecule has 2 N–H and O–H groups in total. The second kappa shape index (κ2) is 6.86. The van der Waals surface area contributed by atoms with Crippen molar-refractivity contribution in [1.82, 2.24) is 4.98 Å². The van der Waals surface area contributed by atoms with E-state index in [1.165, 1.54) is 5.56 Å². The van der Waals surface area contributed by atoms with Crippen LogP contribution in [0.15, 0.2) is 41.1 Å². The van der Waals surface area contributed by atoms with Crippen molar-refractivity contribution in [3.8, 4) is 5.75 Å². The van der Waals surface area contributed by atoms with Crippen molar-refractivity contribution >= 4 is 15.9 Å². The van der Waals surface area contributed by atoms with Crippen LogP contribution in [0.4, 0.5) is 0 Å². The number of aromatic nitrogens is 1. The topological polar surface area (TPSA) is 48.1 Å². The number of nitrogens with two attached hydrogens (primary N) is 1. The Labute approximate surface area is 128 Å². The maximum Gasteiger partial charge on any atom is 0.137 e. The fourth-order valence-electron chi connectivity index (χ4n) is 1.90. The molecule has 1 atom stereocenters. The molecule has 106 valence electrons. The van der Waals surface area contributed by atoms with E-state index >= 15 is 0 Å². The highest BCUT2D eigenvalue weighted by molar-refractivity contribution is 9.10. The van der Waals surface area contributed by atoms with Crippen LogP contribution in [0, 0.1) is 6.92 Å². The van der Waals surface area contributed by atoms with E-state index < -0.39 is 0 Å². The zero-order valence-corrected chi connectivity index (χ0v) is 13.4. The van der Waals surface area contributed by atoms with Gasteiger partial charge in [0, 0.05) is 10.7 Å². The van der Waals surface area contributed by atoms with Crippen molar-refractivity contribution in [2.24, 2.45) is 5.73 Å². The lowest BCUT2D eigenvalue weighted by Gasteiger charge is -2.14. The third kappa shape index (κ3) is 3.58. The number of ether oxygens (including phenoxy) is 1.